The fraction of sp³-hybridized carbons (Fsp3) is 1.00. The van der Waals surface area contributed by atoms with Crippen LogP contribution in [0.1, 0.15) is 39.0 Å². The highest BCUT2D eigenvalue weighted by Crippen LogP contribution is 2.32. The molecule has 4 heteroatoms. The van der Waals surface area contributed by atoms with Crippen molar-refractivity contribution in [2.75, 3.05) is 0 Å². The van der Waals surface area contributed by atoms with Gasteiger partial charge in [-0.2, -0.15) is 0 Å². The van der Waals surface area contributed by atoms with Gasteiger partial charge in [0.25, 0.3) is 5.92 Å². The molecule has 1 aliphatic carbocycles. The van der Waals surface area contributed by atoms with Crippen molar-refractivity contribution in [1.82, 2.24) is 5.43 Å². The zero-order chi connectivity index (χ0) is 9.90. The van der Waals surface area contributed by atoms with Crippen LogP contribution in [-0.2, 0) is 0 Å². The Hall–Kier alpha value is -0.220. The monoisotopic (exact) mass is 192 g/mol. The molecule has 1 atom stereocenters. The van der Waals surface area contributed by atoms with E-state index in [1.54, 1.807) is 0 Å². The molecule has 0 amide bonds. The van der Waals surface area contributed by atoms with Gasteiger partial charge in [0.15, 0.2) is 0 Å². The molecule has 0 bridgehead atoms. The highest BCUT2D eigenvalue weighted by molar-refractivity contribution is 4.86. The third-order valence-electron chi connectivity index (χ3n) is 2.85. The number of hydrogen-bond acceptors (Lipinski definition) is 2. The lowest BCUT2D eigenvalue weighted by molar-refractivity contribution is -0.0442. The second-order valence-electron chi connectivity index (χ2n) is 4.00. The predicted octanol–water partition coefficient (Wildman–Crippen LogP) is 2.05. The Morgan fingerprint density at radius 1 is 1.31 bits per heavy atom. The number of alkyl halides is 2. The molecule has 0 radical (unpaired) electrons. The number of nitrogens with two attached hydrogens (primary N) is 1. The third-order valence-corrected chi connectivity index (χ3v) is 2.85. The van der Waals surface area contributed by atoms with Gasteiger partial charge in [-0.15, -0.1) is 0 Å². The maximum atomic E-state index is 13.0. The number of hydrogen-bond donors (Lipinski definition) is 2. The molecule has 78 valence electrons. The molecule has 0 heterocycles. The molecule has 2 nitrogen and oxygen atoms in total. The van der Waals surface area contributed by atoms with Crippen LogP contribution < -0.4 is 11.3 Å². The lowest BCUT2D eigenvalue weighted by atomic mass is 9.82. The van der Waals surface area contributed by atoms with Crippen molar-refractivity contribution >= 4 is 0 Å². The van der Waals surface area contributed by atoms with Gasteiger partial charge < -0.3 is 0 Å². The average Bonchev–Trinajstić information content (AvgIpc) is 2.05. The summed E-state index contributed by atoms with van der Waals surface area (Å²) in [5.74, 6) is 2.49. The second-order valence-corrected chi connectivity index (χ2v) is 4.00. The summed E-state index contributed by atoms with van der Waals surface area (Å²) < 4.78 is 26.1. The Morgan fingerprint density at radius 2 is 1.85 bits per heavy atom. The van der Waals surface area contributed by atoms with Crippen LogP contribution in [0.4, 0.5) is 8.78 Å². The highest BCUT2D eigenvalue weighted by atomic mass is 19.3. The minimum atomic E-state index is -2.71. The quantitative estimate of drug-likeness (QED) is 0.530. The Labute approximate surface area is 77.8 Å². The van der Waals surface area contributed by atoms with E-state index in [1.807, 2.05) is 0 Å². The Kier molecular flexibility index (Phi) is 3.62. The third kappa shape index (κ3) is 2.88. The fourth-order valence-electron chi connectivity index (χ4n) is 2.16. The summed E-state index contributed by atoms with van der Waals surface area (Å²) in [7, 11) is 0. The lowest BCUT2D eigenvalue weighted by Gasteiger charge is -2.33. The van der Waals surface area contributed by atoms with E-state index in [0.717, 1.165) is 32.6 Å². The summed E-state index contributed by atoms with van der Waals surface area (Å²) in [6.07, 6.45) is 5.03. The molecule has 1 unspecified atom stereocenters. The molecular formula is C9H18F2N2. The fourth-order valence-corrected chi connectivity index (χ4v) is 2.16. The minimum Gasteiger partial charge on any atom is -0.271 e. The van der Waals surface area contributed by atoms with Crippen molar-refractivity contribution in [3.63, 3.8) is 0 Å². The SMILES string of the molecule is CC(F)(F)C(NN)C1CCCCC1. The molecule has 0 aromatic heterocycles. The molecule has 0 spiro atoms. The average molecular weight is 192 g/mol. The maximum Gasteiger partial charge on any atom is 0.261 e. The highest BCUT2D eigenvalue weighted by Gasteiger charge is 2.39. The van der Waals surface area contributed by atoms with Crippen LogP contribution in [0.2, 0.25) is 0 Å². The molecule has 13 heavy (non-hydrogen) atoms. The van der Waals surface area contributed by atoms with Crippen LogP contribution >= 0.6 is 0 Å². The van der Waals surface area contributed by atoms with Crippen LogP contribution in [0.5, 0.6) is 0 Å². The molecule has 0 aromatic carbocycles. The van der Waals surface area contributed by atoms with Crippen molar-refractivity contribution in [3.8, 4) is 0 Å². The van der Waals surface area contributed by atoms with Gasteiger partial charge in [-0.3, -0.25) is 11.3 Å². The summed E-state index contributed by atoms with van der Waals surface area (Å²) in [4.78, 5) is 0. The van der Waals surface area contributed by atoms with E-state index in [2.05, 4.69) is 5.43 Å². The summed E-state index contributed by atoms with van der Waals surface area (Å²) in [5, 5.41) is 0. The van der Waals surface area contributed by atoms with Crippen molar-refractivity contribution in [2.24, 2.45) is 11.8 Å². The molecule has 0 saturated heterocycles. The summed E-state index contributed by atoms with van der Waals surface area (Å²) in [6.45, 7) is 0.937. The Balaban J connectivity index is 2.54. The first kappa shape index (κ1) is 10.9. The molecule has 1 rings (SSSR count). The van der Waals surface area contributed by atoms with Gasteiger partial charge in [0.2, 0.25) is 0 Å². The lowest BCUT2D eigenvalue weighted by Crippen LogP contribution is -2.51. The van der Waals surface area contributed by atoms with E-state index in [0.29, 0.717) is 0 Å². The minimum absolute atomic E-state index is 0.0405. The molecule has 0 aromatic rings. The van der Waals surface area contributed by atoms with E-state index in [4.69, 9.17) is 5.84 Å². The molecule has 0 aliphatic heterocycles. The number of nitrogens with one attached hydrogen (secondary N) is 1. The van der Waals surface area contributed by atoms with Gasteiger partial charge >= 0.3 is 0 Å². The first-order valence-corrected chi connectivity index (χ1v) is 4.89. The van der Waals surface area contributed by atoms with Crippen LogP contribution in [0, 0.1) is 5.92 Å². The topological polar surface area (TPSA) is 38.0 Å². The maximum absolute atomic E-state index is 13.0. The number of halogens is 2. The smallest absolute Gasteiger partial charge is 0.261 e. The van der Waals surface area contributed by atoms with Gasteiger partial charge in [-0.1, -0.05) is 19.3 Å². The first-order valence-electron chi connectivity index (χ1n) is 4.89. The molecule has 1 fully saturated rings. The van der Waals surface area contributed by atoms with Gasteiger partial charge in [-0.05, 0) is 18.8 Å². The predicted molar refractivity (Wildman–Crippen MR) is 48.3 cm³/mol. The molecule has 1 saturated carbocycles. The van der Waals surface area contributed by atoms with Crippen molar-refractivity contribution in [1.29, 1.82) is 0 Å². The van der Waals surface area contributed by atoms with Crippen LogP contribution in [-0.4, -0.2) is 12.0 Å². The summed E-state index contributed by atoms with van der Waals surface area (Å²) in [6, 6.07) is -0.854. The van der Waals surface area contributed by atoms with E-state index in [1.165, 1.54) is 6.42 Å². The normalized spacial score (nSPS) is 23.1. The molecule has 1 aliphatic rings. The molecular weight excluding hydrogens is 174 g/mol. The second kappa shape index (κ2) is 4.33. The van der Waals surface area contributed by atoms with E-state index in [-0.39, 0.29) is 5.92 Å². The van der Waals surface area contributed by atoms with Crippen LogP contribution in [0.3, 0.4) is 0 Å². The van der Waals surface area contributed by atoms with Gasteiger partial charge in [0.1, 0.15) is 0 Å². The zero-order valence-electron chi connectivity index (χ0n) is 8.02. The summed E-state index contributed by atoms with van der Waals surface area (Å²) >= 11 is 0. The van der Waals surface area contributed by atoms with Crippen LogP contribution in [0.15, 0.2) is 0 Å². The number of rotatable bonds is 3. The first-order chi connectivity index (χ1) is 6.05. The standard InChI is InChI=1S/C9H18F2N2/c1-9(10,11)8(13-12)7-5-3-2-4-6-7/h7-8,13H,2-6,12H2,1H3. The van der Waals surface area contributed by atoms with E-state index < -0.39 is 12.0 Å². The van der Waals surface area contributed by atoms with Gasteiger partial charge in [-0.25, -0.2) is 8.78 Å². The van der Waals surface area contributed by atoms with Crippen molar-refractivity contribution in [2.45, 2.75) is 51.0 Å². The largest absolute Gasteiger partial charge is 0.271 e. The zero-order valence-corrected chi connectivity index (χ0v) is 8.02. The number of hydrazine groups is 1. The Morgan fingerprint density at radius 3 is 2.23 bits per heavy atom. The van der Waals surface area contributed by atoms with E-state index >= 15 is 0 Å². The van der Waals surface area contributed by atoms with E-state index in [9.17, 15) is 8.78 Å². The van der Waals surface area contributed by atoms with Crippen LogP contribution in [0.25, 0.3) is 0 Å². The van der Waals surface area contributed by atoms with Crippen molar-refractivity contribution in [3.05, 3.63) is 0 Å². The van der Waals surface area contributed by atoms with Gasteiger partial charge in [0.05, 0.1) is 6.04 Å². The summed E-state index contributed by atoms with van der Waals surface area (Å²) in [5.41, 5.74) is 2.26. The van der Waals surface area contributed by atoms with Gasteiger partial charge in [0, 0.05) is 6.92 Å². The molecule has 3 N–H and O–H groups in total. The Bertz CT molecular complexity index is 150. The van der Waals surface area contributed by atoms with Crippen molar-refractivity contribution < 1.29 is 8.78 Å².